The summed E-state index contributed by atoms with van der Waals surface area (Å²) in [6.45, 7) is 5.07. The number of nitro groups is 1. The van der Waals surface area contributed by atoms with E-state index in [9.17, 15) is 23.3 Å². The normalized spacial score (nSPS) is 14.5. The molecule has 2 aromatic carbocycles. The van der Waals surface area contributed by atoms with Crippen LogP contribution < -0.4 is 4.90 Å². The minimum Gasteiger partial charge on any atom is -0.379 e. The second kappa shape index (κ2) is 11.0. The highest BCUT2D eigenvalue weighted by molar-refractivity contribution is 7.91. The number of sulfone groups is 1. The van der Waals surface area contributed by atoms with E-state index in [1.54, 1.807) is 25.1 Å². The number of amides is 1. The Kier molecular flexibility index (Phi) is 8.44. The number of para-hydroxylation sites is 1. The molecule has 0 N–H and O–H groups in total. The van der Waals surface area contributed by atoms with E-state index in [1.165, 1.54) is 34.4 Å². The fourth-order valence-electron chi connectivity index (χ4n) is 3.87. The SMILES string of the molecule is Cc1c(C(=O)N(CCN2CCOCC2)c2nc3c(S(C)(=O)=O)cccc3s2)cccc1[N+](=O)[O-].Cl. The highest BCUT2D eigenvalue weighted by Gasteiger charge is 2.27. The molecule has 3 aromatic rings. The molecule has 4 rings (SSSR count). The number of carbonyl (C=O) groups is 1. The van der Waals surface area contributed by atoms with Gasteiger partial charge >= 0.3 is 0 Å². The number of anilines is 1. The fourth-order valence-corrected chi connectivity index (χ4v) is 5.79. The monoisotopic (exact) mass is 540 g/mol. The molecule has 1 fully saturated rings. The minimum absolute atomic E-state index is 0. The predicted molar refractivity (Wildman–Crippen MR) is 137 cm³/mol. The lowest BCUT2D eigenvalue weighted by Crippen LogP contribution is -2.43. The van der Waals surface area contributed by atoms with Gasteiger partial charge in [0.2, 0.25) is 0 Å². The summed E-state index contributed by atoms with van der Waals surface area (Å²) in [6.07, 6.45) is 1.12. The number of rotatable bonds is 7. The maximum atomic E-state index is 13.7. The molecule has 1 aromatic heterocycles. The van der Waals surface area contributed by atoms with E-state index in [-0.39, 0.29) is 40.7 Å². The number of thiazole rings is 1. The Morgan fingerprint density at radius 3 is 2.57 bits per heavy atom. The Balaban J connectivity index is 0.00000342. The molecular formula is C22H25ClN4O6S2. The molecule has 0 unspecified atom stereocenters. The highest BCUT2D eigenvalue weighted by atomic mass is 35.5. The summed E-state index contributed by atoms with van der Waals surface area (Å²) in [5, 5.41) is 11.8. The van der Waals surface area contributed by atoms with E-state index in [0.717, 1.165) is 19.3 Å². The molecule has 0 bridgehead atoms. The Bertz CT molecular complexity index is 1360. The molecule has 35 heavy (non-hydrogen) atoms. The third-order valence-electron chi connectivity index (χ3n) is 5.72. The van der Waals surface area contributed by atoms with Gasteiger partial charge in [0.15, 0.2) is 15.0 Å². The maximum Gasteiger partial charge on any atom is 0.273 e. The van der Waals surface area contributed by atoms with Crippen molar-refractivity contribution in [2.24, 2.45) is 0 Å². The number of carbonyl (C=O) groups excluding carboxylic acids is 1. The summed E-state index contributed by atoms with van der Waals surface area (Å²) in [4.78, 5) is 32.9. The summed E-state index contributed by atoms with van der Waals surface area (Å²) in [7, 11) is -3.52. The Hall–Kier alpha value is -2.64. The first-order chi connectivity index (χ1) is 16.2. The van der Waals surface area contributed by atoms with Gasteiger partial charge < -0.3 is 4.74 Å². The van der Waals surface area contributed by atoms with Crippen LogP contribution in [0.3, 0.4) is 0 Å². The molecule has 13 heteroatoms. The predicted octanol–water partition coefficient (Wildman–Crippen LogP) is 3.32. The molecule has 0 saturated carbocycles. The van der Waals surface area contributed by atoms with Crippen molar-refractivity contribution in [3.05, 3.63) is 57.6 Å². The Morgan fingerprint density at radius 2 is 1.91 bits per heavy atom. The third-order valence-corrected chi connectivity index (χ3v) is 7.89. The number of nitrogens with zero attached hydrogens (tertiary/aromatic N) is 4. The van der Waals surface area contributed by atoms with Gasteiger partial charge in [0, 0.05) is 49.6 Å². The number of benzene rings is 2. The largest absolute Gasteiger partial charge is 0.379 e. The topological polar surface area (TPSA) is 123 Å². The first-order valence-corrected chi connectivity index (χ1v) is 13.3. The van der Waals surface area contributed by atoms with E-state index in [2.05, 4.69) is 9.88 Å². The standard InChI is InChI=1S/C22H24N4O6S2.ClH/c1-15-16(5-3-6-17(15)26(28)29)21(27)25(10-9-24-11-13-32-14-12-24)22-23-20-18(33-22)7-4-8-19(20)34(2,30)31;/h3-8H,9-14H2,1-2H3;1H. The van der Waals surface area contributed by atoms with Crippen LogP contribution >= 0.6 is 23.7 Å². The van der Waals surface area contributed by atoms with E-state index in [0.29, 0.717) is 35.1 Å². The Morgan fingerprint density at radius 1 is 1.23 bits per heavy atom. The van der Waals surface area contributed by atoms with Crippen molar-refractivity contribution in [1.82, 2.24) is 9.88 Å². The number of fused-ring (bicyclic) bond motifs is 1. The van der Waals surface area contributed by atoms with Crippen LogP contribution in [0.25, 0.3) is 10.2 Å². The fraction of sp³-hybridized carbons (Fsp3) is 0.364. The van der Waals surface area contributed by atoms with Crippen LogP contribution in [0.15, 0.2) is 41.3 Å². The lowest BCUT2D eigenvalue weighted by Gasteiger charge is -2.29. The van der Waals surface area contributed by atoms with E-state index in [1.807, 2.05) is 0 Å². The molecule has 1 aliphatic heterocycles. The number of morpholine rings is 1. The van der Waals surface area contributed by atoms with Crippen molar-refractivity contribution in [3.63, 3.8) is 0 Å². The first-order valence-electron chi connectivity index (χ1n) is 10.6. The number of nitro benzene ring substituents is 1. The van der Waals surface area contributed by atoms with Crippen LogP contribution in [0.1, 0.15) is 15.9 Å². The van der Waals surface area contributed by atoms with Gasteiger partial charge in [0.1, 0.15) is 5.52 Å². The molecule has 1 amide bonds. The lowest BCUT2D eigenvalue weighted by atomic mass is 10.1. The smallest absolute Gasteiger partial charge is 0.273 e. The van der Waals surface area contributed by atoms with Crippen molar-refractivity contribution in [3.8, 4) is 0 Å². The van der Waals surface area contributed by atoms with Gasteiger partial charge in [-0.25, -0.2) is 13.4 Å². The van der Waals surface area contributed by atoms with Gasteiger partial charge in [0.05, 0.1) is 27.7 Å². The molecule has 0 spiro atoms. The number of ether oxygens (including phenoxy) is 1. The van der Waals surface area contributed by atoms with Crippen LogP contribution in [-0.2, 0) is 14.6 Å². The van der Waals surface area contributed by atoms with E-state index >= 15 is 0 Å². The van der Waals surface area contributed by atoms with Gasteiger partial charge in [-0.1, -0.05) is 23.5 Å². The van der Waals surface area contributed by atoms with E-state index < -0.39 is 20.7 Å². The summed E-state index contributed by atoms with van der Waals surface area (Å²) < 4.78 is 30.6. The van der Waals surface area contributed by atoms with Crippen molar-refractivity contribution in [2.75, 3.05) is 50.5 Å². The molecular weight excluding hydrogens is 516 g/mol. The third kappa shape index (κ3) is 5.78. The zero-order chi connectivity index (χ0) is 24.5. The zero-order valence-corrected chi connectivity index (χ0v) is 21.6. The number of hydrogen-bond acceptors (Lipinski definition) is 9. The lowest BCUT2D eigenvalue weighted by molar-refractivity contribution is -0.385. The van der Waals surface area contributed by atoms with Gasteiger partial charge in [-0.3, -0.25) is 24.7 Å². The molecule has 1 saturated heterocycles. The van der Waals surface area contributed by atoms with E-state index in [4.69, 9.17) is 4.74 Å². The van der Waals surface area contributed by atoms with Crippen LogP contribution in [0.4, 0.5) is 10.8 Å². The second-order valence-corrected chi connectivity index (χ2v) is 11.0. The van der Waals surface area contributed by atoms with Crippen molar-refractivity contribution in [1.29, 1.82) is 0 Å². The van der Waals surface area contributed by atoms with Crippen molar-refractivity contribution in [2.45, 2.75) is 11.8 Å². The van der Waals surface area contributed by atoms with Crippen molar-refractivity contribution < 1.29 is 22.9 Å². The number of halogens is 1. The molecule has 0 aliphatic carbocycles. The van der Waals surface area contributed by atoms with Gasteiger partial charge in [-0.05, 0) is 25.1 Å². The maximum absolute atomic E-state index is 13.7. The van der Waals surface area contributed by atoms with Crippen molar-refractivity contribution >= 4 is 60.5 Å². The highest BCUT2D eigenvalue weighted by Crippen LogP contribution is 2.34. The summed E-state index contributed by atoms with van der Waals surface area (Å²) in [5.74, 6) is -0.422. The van der Waals surface area contributed by atoms with Crippen LogP contribution in [-0.4, -0.2) is 74.8 Å². The van der Waals surface area contributed by atoms with Crippen LogP contribution in [0, 0.1) is 17.0 Å². The second-order valence-electron chi connectivity index (χ2n) is 7.99. The summed E-state index contributed by atoms with van der Waals surface area (Å²) >= 11 is 1.21. The minimum atomic E-state index is -3.52. The zero-order valence-electron chi connectivity index (χ0n) is 19.2. The quantitative estimate of drug-likeness (QED) is 0.330. The first kappa shape index (κ1) is 27.0. The average Bonchev–Trinajstić information content (AvgIpc) is 3.23. The summed E-state index contributed by atoms with van der Waals surface area (Å²) in [6, 6.07) is 9.30. The average molecular weight is 541 g/mol. The van der Waals surface area contributed by atoms with Gasteiger partial charge in [-0.2, -0.15) is 0 Å². The molecule has 0 radical (unpaired) electrons. The molecule has 188 valence electrons. The molecule has 1 aliphatic rings. The van der Waals surface area contributed by atoms with Gasteiger partial charge in [-0.15, -0.1) is 12.4 Å². The van der Waals surface area contributed by atoms with Crippen LogP contribution in [0.5, 0.6) is 0 Å². The molecule has 10 nitrogen and oxygen atoms in total. The van der Waals surface area contributed by atoms with Gasteiger partial charge in [0.25, 0.3) is 11.6 Å². The molecule has 0 atom stereocenters. The van der Waals surface area contributed by atoms with Crippen LogP contribution in [0.2, 0.25) is 0 Å². The number of aromatic nitrogens is 1. The summed E-state index contributed by atoms with van der Waals surface area (Å²) in [5.41, 5.74) is 0.651. The number of hydrogen-bond donors (Lipinski definition) is 0. The Labute approximate surface area is 213 Å². The molecule has 2 heterocycles.